The third kappa shape index (κ3) is 7.27. The number of hydrogen-bond acceptors (Lipinski definition) is 7. The molecule has 3 rings (SSSR count). The van der Waals surface area contributed by atoms with Crippen molar-refractivity contribution in [3.8, 4) is 17.2 Å². The smallest absolute Gasteiger partial charge is 0.338 e. The van der Waals surface area contributed by atoms with Crippen LogP contribution in [0.5, 0.6) is 17.2 Å². The minimum absolute atomic E-state index is 0.120. The second kappa shape index (κ2) is 12.7. The van der Waals surface area contributed by atoms with E-state index in [1.54, 1.807) is 30.3 Å². The number of carbonyl (C=O) groups excluding carboxylic acids is 3. The molecule has 0 atom stereocenters. The molecule has 3 aromatic rings. The van der Waals surface area contributed by atoms with Crippen molar-refractivity contribution in [1.82, 2.24) is 0 Å². The van der Waals surface area contributed by atoms with Crippen molar-refractivity contribution < 1.29 is 33.3 Å². The van der Waals surface area contributed by atoms with Crippen molar-refractivity contribution >= 4 is 52.4 Å². The summed E-state index contributed by atoms with van der Waals surface area (Å²) in [5.41, 5.74) is 0.955. The molecule has 36 heavy (non-hydrogen) atoms. The van der Waals surface area contributed by atoms with E-state index in [1.807, 2.05) is 0 Å². The lowest BCUT2D eigenvalue weighted by atomic mass is 10.2. The molecule has 0 aliphatic heterocycles. The van der Waals surface area contributed by atoms with Crippen molar-refractivity contribution in [3.63, 3.8) is 0 Å². The monoisotopic (exact) mass is 532 g/mol. The Kier molecular flexibility index (Phi) is 9.38. The normalized spacial score (nSPS) is 10.2. The Hall–Kier alpha value is -3.95. The Morgan fingerprint density at radius 2 is 1.44 bits per heavy atom. The fourth-order valence-electron chi connectivity index (χ4n) is 2.98. The first-order valence-electron chi connectivity index (χ1n) is 10.5. The van der Waals surface area contributed by atoms with Crippen LogP contribution >= 0.6 is 23.2 Å². The molecule has 188 valence electrons. The average molecular weight is 533 g/mol. The fourth-order valence-corrected chi connectivity index (χ4v) is 3.44. The first-order valence-corrected chi connectivity index (χ1v) is 11.2. The SMILES string of the molecule is COc1ccccc1NC(=O)COc1ccc(C(=O)OCC(=O)Nc2ccc(Cl)cc2Cl)cc1OC. The summed E-state index contributed by atoms with van der Waals surface area (Å²) in [5.74, 6) is -0.814. The zero-order chi connectivity index (χ0) is 26.1. The van der Waals surface area contributed by atoms with Crippen LogP contribution in [0.15, 0.2) is 60.7 Å². The number of carbonyl (C=O) groups is 3. The van der Waals surface area contributed by atoms with Gasteiger partial charge < -0.3 is 29.6 Å². The molecule has 0 saturated carbocycles. The Bertz CT molecular complexity index is 1270. The number of ether oxygens (including phenoxy) is 4. The van der Waals surface area contributed by atoms with Gasteiger partial charge in [0, 0.05) is 5.02 Å². The van der Waals surface area contributed by atoms with Gasteiger partial charge in [-0.1, -0.05) is 35.3 Å². The number of esters is 1. The van der Waals surface area contributed by atoms with Crippen LogP contribution in [0.2, 0.25) is 10.0 Å². The molecule has 3 aromatic carbocycles. The van der Waals surface area contributed by atoms with Crippen LogP contribution in [0.1, 0.15) is 10.4 Å². The molecule has 0 unspecified atom stereocenters. The lowest BCUT2D eigenvalue weighted by Gasteiger charge is -2.13. The van der Waals surface area contributed by atoms with Crippen molar-refractivity contribution in [1.29, 1.82) is 0 Å². The first-order chi connectivity index (χ1) is 17.3. The third-order valence-electron chi connectivity index (χ3n) is 4.68. The van der Waals surface area contributed by atoms with Crippen molar-refractivity contribution in [3.05, 3.63) is 76.3 Å². The third-order valence-corrected chi connectivity index (χ3v) is 5.23. The molecule has 0 aromatic heterocycles. The maximum atomic E-state index is 12.4. The summed E-state index contributed by atoms with van der Waals surface area (Å²) in [7, 11) is 2.89. The van der Waals surface area contributed by atoms with E-state index in [1.165, 1.54) is 44.6 Å². The van der Waals surface area contributed by atoms with Crippen LogP contribution in [-0.2, 0) is 14.3 Å². The second-order valence-corrected chi connectivity index (χ2v) is 7.99. The van der Waals surface area contributed by atoms with Gasteiger partial charge in [-0.25, -0.2) is 4.79 Å². The number of nitrogens with one attached hydrogen (secondary N) is 2. The van der Waals surface area contributed by atoms with E-state index < -0.39 is 24.4 Å². The van der Waals surface area contributed by atoms with Crippen molar-refractivity contribution in [2.45, 2.75) is 0 Å². The van der Waals surface area contributed by atoms with E-state index in [0.717, 1.165) is 0 Å². The van der Waals surface area contributed by atoms with E-state index in [4.69, 9.17) is 42.1 Å². The van der Waals surface area contributed by atoms with E-state index in [9.17, 15) is 14.4 Å². The highest BCUT2D eigenvalue weighted by molar-refractivity contribution is 6.36. The standard InChI is InChI=1S/C25H22Cl2N2O7/c1-33-20-6-4-3-5-19(20)29-23(30)13-35-21-10-7-15(11-22(21)34-2)25(32)36-14-24(31)28-18-9-8-16(26)12-17(18)27/h3-12H,13-14H2,1-2H3,(H,28,31)(H,29,30). The van der Waals surface area contributed by atoms with Gasteiger partial charge in [-0.3, -0.25) is 9.59 Å². The highest BCUT2D eigenvalue weighted by Gasteiger charge is 2.16. The quantitative estimate of drug-likeness (QED) is 0.360. The van der Waals surface area contributed by atoms with Crippen LogP contribution in [0.3, 0.4) is 0 Å². The largest absolute Gasteiger partial charge is 0.495 e. The Balaban J connectivity index is 1.55. The Labute approximate surface area is 217 Å². The van der Waals surface area contributed by atoms with Crippen LogP contribution in [-0.4, -0.2) is 45.2 Å². The summed E-state index contributed by atoms with van der Waals surface area (Å²) in [6.07, 6.45) is 0. The van der Waals surface area contributed by atoms with Gasteiger partial charge in [0.1, 0.15) is 5.75 Å². The first kappa shape index (κ1) is 26.7. The number of anilines is 2. The summed E-state index contributed by atoms with van der Waals surface area (Å²) in [6.45, 7) is -0.854. The van der Waals surface area contributed by atoms with Gasteiger partial charge in [0.2, 0.25) is 0 Å². The van der Waals surface area contributed by atoms with Crippen LogP contribution in [0.4, 0.5) is 11.4 Å². The number of amides is 2. The van der Waals surface area contributed by atoms with Gasteiger partial charge in [-0.15, -0.1) is 0 Å². The topological polar surface area (TPSA) is 112 Å². The van der Waals surface area contributed by atoms with Crippen molar-refractivity contribution in [2.24, 2.45) is 0 Å². The number of methoxy groups -OCH3 is 2. The van der Waals surface area contributed by atoms with Gasteiger partial charge in [-0.05, 0) is 48.5 Å². The number of hydrogen-bond donors (Lipinski definition) is 2. The van der Waals surface area contributed by atoms with Crippen LogP contribution < -0.4 is 24.8 Å². The maximum absolute atomic E-state index is 12.4. The molecule has 0 heterocycles. The lowest BCUT2D eigenvalue weighted by molar-refractivity contribution is -0.119. The highest BCUT2D eigenvalue weighted by Crippen LogP contribution is 2.29. The van der Waals surface area contributed by atoms with Crippen molar-refractivity contribution in [2.75, 3.05) is 38.1 Å². The summed E-state index contributed by atoms with van der Waals surface area (Å²) in [4.78, 5) is 36.8. The molecule has 0 fully saturated rings. The van der Waals surface area contributed by atoms with Gasteiger partial charge in [0.25, 0.3) is 11.8 Å². The summed E-state index contributed by atoms with van der Waals surface area (Å²) < 4.78 is 21.1. The summed E-state index contributed by atoms with van der Waals surface area (Å²) in [6, 6.07) is 15.8. The molecule has 2 amide bonds. The molecule has 2 N–H and O–H groups in total. The Morgan fingerprint density at radius 1 is 0.750 bits per heavy atom. The molecule has 9 nitrogen and oxygen atoms in total. The molecule has 0 aliphatic carbocycles. The highest BCUT2D eigenvalue weighted by atomic mass is 35.5. The van der Waals surface area contributed by atoms with Crippen LogP contribution in [0.25, 0.3) is 0 Å². The number of halogens is 2. The van der Waals surface area contributed by atoms with E-state index >= 15 is 0 Å². The molecule has 0 saturated heterocycles. The zero-order valence-corrected chi connectivity index (χ0v) is 20.8. The molecular weight excluding hydrogens is 511 g/mol. The minimum atomic E-state index is -0.758. The van der Waals surface area contributed by atoms with Gasteiger partial charge >= 0.3 is 5.97 Å². The minimum Gasteiger partial charge on any atom is -0.495 e. The number of para-hydroxylation sites is 2. The van der Waals surface area contributed by atoms with Gasteiger partial charge in [-0.2, -0.15) is 0 Å². The molecule has 0 spiro atoms. The predicted octanol–water partition coefficient (Wildman–Crippen LogP) is 4.82. The van der Waals surface area contributed by atoms with E-state index in [-0.39, 0.29) is 28.7 Å². The Morgan fingerprint density at radius 3 is 2.17 bits per heavy atom. The maximum Gasteiger partial charge on any atom is 0.338 e. The van der Waals surface area contributed by atoms with Gasteiger partial charge in [0.05, 0.1) is 36.2 Å². The summed E-state index contributed by atoms with van der Waals surface area (Å²) in [5, 5.41) is 5.89. The van der Waals surface area contributed by atoms with E-state index in [2.05, 4.69) is 10.6 Å². The molecule has 0 aliphatic rings. The predicted molar refractivity (Wildman–Crippen MR) is 135 cm³/mol. The molecular formula is C25H22Cl2N2O7. The van der Waals surface area contributed by atoms with Gasteiger partial charge in [0.15, 0.2) is 24.7 Å². The second-order valence-electron chi connectivity index (χ2n) is 7.15. The summed E-state index contributed by atoms with van der Waals surface area (Å²) >= 11 is 11.8. The fraction of sp³-hybridized carbons (Fsp3) is 0.160. The number of rotatable bonds is 10. The molecule has 11 heteroatoms. The number of benzene rings is 3. The zero-order valence-electron chi connectivity index (χ0n) is 19.3. The van der Waals surface area contributed by atoms with E-state index in [0.29, 0.717) is 22.1 Å². The average Bonchev–Trinajstić information content (AvgIpc) is 2.87. The lowest BCUT2D eigenvalue weighted by Crippen LogP contribution is -2.21. The van der Waals surface area contributed by atoms with Crippen LogP contribution in [0, 0.1) is 0 Å². The molecule has 0 bridgehead atoms. The molecule has 0 radical (unpaired) electrons.